The van der Waals surface area contributed by atoms with Gasteiger partial charge in [0.05, 0.1) is 0 Å². The molecule has 0 N–H and O–H groups in total. The molecule has 1 aliphatic rings. The SMILES string of the molecule is CC(C)(C)OC(=O)N1CCc2ccc(CI)cc2C1. The average molecular weight is 373 g/mol. The number of hydrogen-bond donors (Lipinski definition) is 0. The molecule has 0 aromatic heterocycles. The number of nitrogens with zero attached hydrogens (tertiary/aromatic N) is 1. The van der Waals surface area contributed by atoms with Crippen LogP contribution in [-0.4, -0.2) is 23.1 Å². The predicted octanol–water partition coefficient (Wildman–Crippen LogP) is 3.91. The second-order valence-corrected chi connectivity index (χ2v) is 6.65. The van der Waals surface area contributed by atoms with Crippen molar-refractivity contribution in [2.24, 2.45) is 0 Å². The van der Waals surface area contributed by atoms with Crippen LogP contribution in [0.1, 0.15) is 37.5 Å². The summed E-state index contributed by atoms with van der Waals surface area (Å²) < 4.78 is 6.43. The van der Waals surface area contributed by atoms with Gasteiger partial charge in [-0.2, -0.15) is 0 Å². The lowest BCUT2D eigenvalue weighted by molar-refractivity contribution is 0.0224. The molecule has 0 radical (unpaired) electrons. The van der Waals surface area contributed by atoms with Crippen LogP contribution in [-0.2, 0) is 22.1 Å². The number of fused-ring (bicyclic) bond motifs is 1. The Morgan fingerprint density at radius 3 is 2.74 bits per heavy atom. The molecule has 1 aliphatic heterocycles. The minimum Gasteiger partial charge on any atom is -0.444 e. The van der Waals surface area contributed by atoms with Crippen molar-refractivity contribution < 1.29 is 9.53 Å². The second-order valence-electron chi connectivity index (χ2n) is 5.89. The van der Waals surface area contributed by atoms with Crippen molar-refractivity contribution in [3.05, 3.63) is 34.9 Å². The van der Waals surface area contributed by atoms with E-state index in [0.717, 1.165) is 17.4 Å². The first-order chi connectivity index (χ1) is 8.89. The van der Waals surface area contributed by atoms with Gasteiger partial charge in [-0.15, -0.1) is 0 Å². The van der Waals surface area contributed by atoms with E-state index in [-0.39, 0.29) is 6.09 Å². The van der Waals surface area contributed by atoms with Gasteiger partial charge in [0.15, 0.2) is 0 Å². The third-order valence-electron chi connectivity index (χ3n) is 3.09. The Balaban J connectivity index is 2.10. The van der Waals surface area contributed by atoms with E-state index in [1.165, 1.54) is 16.7 Å². The Morgan fingerprint density at radius 2 is 2.11 bits per heavy atom. The number of carbonyl (C=O) groups excluding carboxylic acids is 1. The Hall–Kier alpha value is -0.780. The highest BCUT2D eigenvalue weighted by atomic mass is 127. The van der Waals surface area contributed by atoms with Crippen molar-refractivity contribution in [2.45, 2.75) is 43.8 Å². The number of benzene rings is 1. The number of hydrogen-bond acceptors (Lipinski definition) is 2. The van der Waals surface area contributed by atoms with E-state index in [0.29, 0.717) is 6.54 Å². The molecule has 0 saturated heterocycles. The molecule has 0 atom stereocenters. The molecule has 0 spiro atoms. The van der Waals surface area contributed by atoms with E-state index < -0.39 is 5.60 Å². The lowest BCUT2D eigenvalue weighted by atomic mass is 9.98. The van der Waals surface area contributed by atoms with E-state index in [1.54, 1.807) is 4.90 Å². The summed E-state index contributed by atoms with van der Waals surface area (Å²) in [5, 5.41) is 0. The van der Waals surface area contributed by atoms with Crippen molar-refractivity contribution in [1.29, 1.82) is 0 Å². The fourth-order valence-electron chi connectivity index (χ4n) is 2.18. The molecule has 0 bridgehead atoms. The molecule has 0 fully saturated rings. The first-order valence-electron chi connectivity index (χ1n) is 6.53. The van der Waals surface area contributed by atoms with Crippen LogP contribution >= 0.6 is 22.6 Å². The summed E-state index contributed by atoms with van der Waals surface area (Å²) in [5.41, 5.74) is 3.49. The van der Waals surface area contributed by atoms with Crippen LogP contribution in [0.2, 0.25) is 0 Å². The summed E-state index contributed by atoms with van der Waals surface area (Å²) in [6, 6.07) is 6.57. The molecule has 0 saturated carbocycles. The molecule has 104 valence electrons. The number of ether oxygens (including phenoxy) is 1. The predicted molar refractivity (Wildman–Crippen MR) is 84.5 cm³/mol. The van der Waals surface area contributed by atoms with E-state index in [9.17, 15) is 4.79 Å². The molecular weight excluding hydrogens is 353 g/mol. The van der Waals surface area contributed by atoms with Gasteiger partial charge in [0, 0.05) is 17.5 Å². The largest absolute Gasteiger partial charge is 0.444 e. The molecule has 4 heteroatoms. The second kappa shape index (κ2) is 5.69. The number of halogens is 1. The highest BCUT2D eigenvalue weighted by molar-refractivity contribution is 14.1. The molecule has 0 unspecified atom stereocenters. The molecule has 1 aromatic carbocycles. The van der Waals surface area contributed by atoms with Crippen LogP contribution in [0.3, 0.4) is 0 Å². The van der Waals surface area contributed by atoms with Gasteiger partial charge < -0.3 is 9.64 Å². The minimum absolute atomic E-state index is 0.210. The summed E-state index contributed by atoms with van der Waals surface area (Å²) in [6.45, 7) is 7.10. The normalized spacial score (nSPS) is 15.1. The maximum absolute atomic E-state index is 12.1. The molecular formula is C15H20INO2. The monoisotopic (exact) mass is 373 g/mol. The van der Waals surface area contributed by atoms with Gasteiger partial charge in [0.1, 0.15) is 5.60 Å². The lowest BCUT2D eigenvalue weighted by Crippen LogP contribution is -2.39. The van der Waals surface area contributed by atoms with Gasteiger partial charge >= 0.3 is 6.09 Å². The van der Waals surface area contributed by atoms with E-state index in [2.05, 4.69) is 40.8 Å². The summed E-state index contributed by atoms with van der Waals surface area (Å²) in [4.78, 5) is 13.9. The molecule has 1 aromatic rings. The Morgan fingerprint density at radius 1 is 1.37 bits per heavy atom. The maximum Gasteiger partial charge on any atom is 0.410 e. The van der Waals surface area contributed by atoms with Crippen molar-refractivity contribution in [2.75, 3.05) is 6.54 Å². The maximum atomic E-state index is 12.1. The smallest absolute Gasteiger partial charge is 0.410 e. The zero-order valence-corrected chi connectivity index (χ0v) is 13.9. The Kier molecular flexibility index (Phi) is 4.38. The minimum atomic E-state index is -0.429. The zero-order chi connectivity index (χ0) is 14.0. The molecule has 3 nitrogen and oxygen atoms in total. The summed E-state index contributed by atoms with van der Waals surface area (Å²) in [5.74, 6) is 0. The molecule has 2 rings (SSSR count). The average Bonchev–Trinajstić information content (AvgIpc) is 2.35. The van der Waals surface area contributed by atoms with Crippen molar-refractivity contribution in [1.82, 2.24) is 4.90 Å². The van der Waals surface area contributed by atoms with Crippen LogP contribution in [0.4, 0.5) is 4.79 Å². The molecule has 19 heavy (non-hydrogen) atoms. The van der Waals surface area contributed by atoms with Gasteiger partial charge in [0.2, 0.25) is 0 Å². The Labute approximate surface area is 128 Å². The highest BCUT2D eigenvalue weighted by Crippen LogP contribution is 2.23. The summed E-state index contributed by atoms with van der Waals surface area (Å²) >= 11 is 2.36. The number of rotatable bonds is 1. The quantitative estimate of drug-likeness (QED) is 0.552. The van der Waals surface area contributed by atoms with E-state index in [1.807, 2.05) is 20.8 Å². The van der Waals surface area contributed by atoms with Gasteiger partial charge in [-0.25, -0.2) is 4.79 Å². The highest BCUT2D eigenvalue weighted by Gasteiger charge is 2.25. The van der Waals surface area contributed by atoms with E-state index >= 15 is 0 Å². The van der Waals surface area contributed by atoms with Gasteiger partial charge in [-0.3, -0.25) is 0 Å². The molecule has 0 aliphatic carbocycles. The van der Waals surface area contributed by atoms with Crippen molar-refractivity contribution in [3.63, 3.8) is 0 Å². The molecule has 1 heterocycles. The van der Waals surface area contributed by atoms with Gasteiger partial charge in [-0.05, 0) is 43.9 Å². The number of alkyl halides is 1. The van der Waals surface area contributed by atoms with Crippen LogP contribution in [0.25, 0.3) is 0 Å². The number of carbonyl (C=O) groups is 1. The van der Waals surface area contributed by atoms with Crippen molar-refractivity contribution >= 4 is 28.7 Å². The van der Waals surface area contributed by atoms with Crippen LogP contribution in [0, 0.1) is 0 Å². The Bertz CT molecular complexity index is 480. The third-order valence-corrected chi connectivity index (χ3v) is 3.97. The first-order valence-corrected chi connectivity index (χ1v) is 8.06. The van der Waals surface area contributed by atoms with Crippen LogP contribution in [0.15, 0.2) is 18.2 Å². The summed E-state index contributed by atoms with van der Waals surface area (Å²) in [6.07, 6.45) is 0.703. The summed E-state index contributed by atoms with van der Waals surface area (Å²) in [7, 11) is 0. The first kappa shape index (κ1) is 14.6. The van der Waals surface area contributed by atoms with Crippen LogP contribution in [0.5, 0.6) is 0 Å². The topological polar surface area (TPSA) is 29.5 Å². The lowest BCUT2D eigenvalue weighted by Gasteiger charge is -2.31. The third kappa shape index (κ3) is 3.84. The van der Waals surface area contributed by atoms with Gasteiger partial charge in [0.25, 0.3) is 0 Å². The molecule has 1 amide bonds. The van der Waals surface area contributed by atoms with E-state index in [4.69, 9.17) is 4.74 Å². The van der Waals surface area contributed by atoms with Crippen LogP contribution < -0.4 is 0 Å². The zero-order valence-electron chi connectivity index (χ0n) is 11.7. The fourth-order valence-corrected chi connectivity index (χ4v) is 2.65. The van der Waals surface area contributed by atoms with Gasteiger partial charge in [-0.1, -0.05) is 40.8 Å². The number of amides is 1. The standard InChI is InChI=1S/C15H20INO2/c1-15(2,3)19-14(18)17-7-6-12-5-4-11(9-16)8-13(12)10-17/h4-5,8H,6-7,9-10H2,1-3H3. The fraction of sp³-hybridized carbons (Fsp3) is 0.533. The van der Waals surface area contributed by atoms with Crippen molar-refractivity contribution in [3.8, 4) is 0 Å².